The number of hydrogen-bond donors (Lipinski definition) is 2. The first kappa shape index (κ1) is 16.4. The highest BCUT2D eigenvalue weighted by Gasteiger charge is 2.28. The van der Waals surface area contributed by atoms with Gasteiger partial charge in [0, 0.05) is 25.6 Å². The molecule has 1 amide bonds. The van der Waals surface area contributed by atoms with Gasteiger partial charge in [0.25, 0.3) is 0 Å². The molecule has 0 saturated carbocycles. The standard InChI is InChI=1S/C15H30N2O2/c1-5-13-11(6-7-19-13)10-17-14(18)12(9-16)8-15(2,3)4/h11-13H,5-10,16H2,1-4H3,(H,17,18). The second-order valence-electron chi connectivity index (χ2n) is 6.81. The Kier molecular flexibility index (Phi) is 6.27. The molecule has 0 spiro atoms. The van der Waals surface area contributed by atoms with E-state index in [2.05, 4.69) is 33.0 Å². The largest absolute Gasteiger partial charge is 0.378 e. The topological polar surface area (TPSA) is 64.3 Å². The van der Waals surface area contributed by atoms with Crippen LogP contribution in [0.15, 0.2) is 0 Å². The zero-order valence-electron chi connectivity index (χ0n) is 12.9. The fraction of sp³-hybridized carbons (Fsp3) is 0.933. The lowest BCUT2D eigenvalue weighted by Crippen LogP contribution is -2.40. The molecule has 0 aromatic rings. The lowest BCUT2D eigenvalue weighted by Gasteiger charge is -2.25. The minimum atomic E-state index is -0.0811. The van der Waals surface area contributed by atoms with Crippen molar-refractivity contribution in [1.82, 2.24) is 5.32 Å². The van der Waals surface area contributed by atoms with Crippen molar-refractivity contribution in [3.8, 4) is 0 Å². The normalized spacial score (nSPS) is 25.3. The summed E-state index contributed by atoms with van der Waals surface area (Å²) in [5.74, 6) is 0.476. The van der Waals surface area contributed by atoms with Crippen molar-refractivity contribution in [3.63, 3.8) is 0 Å². The van der Waals surface area contributed by atoms with Gasteiger partial charge in [-0.2, -0.15) is 0 Å². The Labute approximate surface area is 117 Å². The van der Waals surface area contributed by atoms with E-state index in [4.69, 9.17) is 10.5 Å². The Morgan fingerprint density at radius 3 is 2.68 bits per heavy atom. The maximum Gasteiger partial charge on any atom is 0.224 e. The van der Waals surface area contributed by atoms with Crippen molar-refractivity contribution >= 4 is 5.91 Å². The fourth-order valence-corrected chi connectivity index (χ4v) is 2.78. The molecule has 3 atom stereocenters. The van der Waals surface area contributed by atoms with E-state index in [-0.39, 0.29) is 17.2 Å². The van der Waals surface area contributed by atoms with Crippen LogP contribution in [-0.4, -0.2) is 31.7 Å². The van der Waals surface area contributed by atoms with Gasteiger partial charge < -0.3 is 15.8 Å². The molecule has 1 rings (SSSR count). The first-order valence-electron chi connectivity index (χ1n) is 7.46. The Hall–Kier alpha value is -0.610. The van der Waals surface area contributed by atoms with E-state index < -0.39 is 0 Å². The number of ether oxygens (including phenoxy) is 1. The second-order valence-corrected chi connectivity index (χ2v) is 6.81. The first-order chi connectivity index (χ1) is 8.87. The minimum absolute atomic E-state index is 0.0811. The van der Waals surface area contributed by atoms with Gasteiger partial charge in [-0.25, -0.2) is 0 Å². The zero-order valence-corrected chi connectivity index (χ0v) is 12.9. The highest BCUT2D eigenvalue weighted by molar-refractivity contribution is 5.78. The molecule has 112 valence electrons. The Balaban J connectivity index is 2.40. The quantitative estimate of drug-likeness (QED) is 0.775. The molecule has 0 bridgehead atoms. The van der Waals surface area contributed by atoms with Gasteiger partial charge in [-0.15, -0.1) is 0 Å². The van der Waals surface area contributed by atoms with Crippen molar-refractivity contribution in [2.45, 2.75) is 53.1 Å². The van der Waals surface area contributed by atoms with Crippen LogP contribution >= 0.6 is 0 Å². The van der Waals surface area contributed by atoms with Crippen LogP contribution < -0.4 is 11.1 Å². The van der Waals surface area contributed by atoms with Gasteiger partial charge >= 0.3 is 0 Å². The Morgan fingerprint density at radius 2 is 2.16 bits per heavy atom. The van der Waals surface area contributed by atoms with Crippen molar-refractivity contribution in [1.29, 1.82) is 0 Å². The maximum atomic E-state index is 12.2. The summed E-state index contributed by atoms with van der Waals surface area (Å²) in [5, 5.41) is 3.06. The van der Waals surface area contributed by atoms with E-state index in [1.54, 1.807) is 0 Å². The predicted octanol–water partition coefficient (Wildman–Crippen LogP) is 1.93. The van der Waals surface area contributed by atoms with E-state index in [1.165, 1.54) is 0 Å². The molecule has 0 aliphatic carbocycles. The van der Waals surface area contributed by atoms with Crippen LogP contribution in [0.25, 0.3) is 0 Å². The number of hydrogen-bond acceptors (Lipinski definition) is 3. The highest BCUT2D eigenvalue weighted by Crippen LogP contribution is 2.25. The van der Waals surface area contributed by atoms with Crippen LogP contribution in [0.1, 0.15) is 47.0 Å². The molecule has 1 aliphatic heterocycles. The molecule has 3 unspecified atom stereocenters. The van der Waals surface area contributed by atoms with Crippen LogP contribution in [0.5, 0.6) is 0 Å². The summed E-state index contributed by atoms with van der Waals surface area (Å²) >= 11 is 0. The van der Waals surface area contributed by atoms with Crippen molar-refractivity contribution in [2.75, 3.05) is 19.7 Å². The van der Waals surface area contributed by atoms with E-state index in [1.807, 2.05) is 0 Å². The van der Waals surface area contributed by atoms with Gasteiger partial charge in [-0.1, -0.05) is 27.7 Å². The zero-order chi connectivity index (χ0) is 14.5. The molecule has 19 heavy (non-hydrogen) atoms. The number of carbonyl (C=O) groups excluding carboxylic acids is 1. The lowest BCUT2D eigenvalue weighted by atomic mass is 9.84. The molecule has 4 heteroatoms. The molecule has 3 N–H and O–H groups in total. The second kappa shape index (κ2) is 7.25. The molecule has 0 aromatic heterocycles. The molecule has 1 fully saturated rings. The van der Waals surface area contributed by atoms with Gasteiger partial charge in [0.15, 0.2) is 0 Å². The maximum absolute atomic E-state index is 12.2. The predicted molar refractivity (Wildman–Crippen MR) is 77.8 cm³/mol. The summed E-state index contributed by atoms with van der Waals surface area (Å²) in [6, 6.07) is 0. The first-order valence-corrected chi connectivity index (χ1v) is 7.46. The number of nitrogens with one attached hydrogen (secondary N) is 1. The lowest BCUT2D eigenvalue weighted by molar-refractivity contribution is -0.125. The summed E-state index contributed by atoms with van der Waals surface area (Å²) in [6.45, 7) is 10.5. The minimum Gasteiger partial charge on any atom is -0.378 e. The monoisotopic (exact) mass is 270 g/mol. The number of nitrogens with two attached hydrogens (primary N) is 1. The van der Waals surface area contributed by atoms with E-state index >= 15 is 0 Å². The average Bonchev–Trinajstić information content (AvgIpc) is 2.79. The molecular weight excluding hydrogens is 240 g/mol. The van der Waals surface area contributed by atoms with Crippen molar-refractivity contribution < 1.29 is 9.53 Å². The number of amides is 1. The third kappa shape index (κ3) is 5.49. The van der Waals surface area contributed by atoms with Gasteiger partial charge in [-0.3, -0.25) is 4.79 Å². The third-order valence-corrected chi connectivity index (χ3v) is 3.80. The summed E-state index contributed by atoms with van der Waals surface area (Å²) in [6.07, 6.45) is 3.20. The van der Waals surface area contributed by atoms with E-state index in [0.717, 1.165) is 32.4 Å². The van der Waals surface area contributed by atoms with Crippen LogP contribution in [0.3, 0.4) is 0 Å². The molecule has 1 saturated heterocycles. The Morgan fingerprint density at radius 1 is 1.47 bits per heavy atom. The number of rotatable bonds is 6. The summed E-state index contributed by atoms with van der Waals surface area (Å²) < 4.78 is 5.64. The molecule has 4 nitrogen and oxygen atoms in total. The van der Waals surface area contributed by atoms with E-state index in [0.29, 0.717) is 18.6 Å². The molecule has 1 aliphatic rings. The molecule has 0 aromatic carbocycles. The number of carbonyl (C=O) groups is 1. The van der Waals surface area contributed by atoms with E-state index in [9.17, 15) is 4.79 Å². The highest BCUT2D eigenvalue weighted by atomic mass is 16.5. The smallest absolute Gasteiger partial charge is 0.224 e. The van der Waals surface area contributed by atoms with Gasteiger partial charge in [0.05, 0.1) is 12.0 Å². The summed E-state index contributed by atoms with van der Waals surface area (Å²) in [4.78, 5) is 12.2. The summed E-state index contributed by atoms with van der Waals surface area (Å²) in [7, 11) is 0. The average molecular weight is 270 g/mol. The summed E-state index contributed by atoms with van der Waals surface area (Å²) in [5.41, 5.74) is 5.86. The van der Waals surface area contributed by atoms with Gasteiger partial charge in [-0.05, 0) is 24.7 Å². The van der Waals surface area contributed by atoms with Gasteiger partial charge in [0.2, 0.25) is 5.91 Å². The Bertz CT molecular complexity index is 286. The van der Waals surface area contributed by atoms with Crippen LogP contribution in [0.4, 0.5) is 0 Å². The van der Waals surface area contributed by atoms with Crippen molar-refractivity contribution in [2.24, 2.45) is 23.0 Å². The fourth-order valence-electron chi connectivity index (χ4n) is 2.78. The van der Waals surface area contributed by atoms with Gasteiger partial charge in [0.1, 0.15) is 0 Å². The van der Waals surface area contributed by atoms with Crippen LogP contribution in [-0.2, 0) is 9.53 Å². The van der Waals surface area contributed by atoms with Crippen LogP contribution in [0, 0.1) is 17.3 Å². The van der Waals surface area contributed by atoms with Crippen molar-refractivity contribution in [3.05, 3.63) is 0 Å². The molecule has 0 radical (unpaired) electrons. The third-order valence-electron chi connectivity index (χ3n) is 3.80. The molecule has 1 heterocycles. The molecular formula is C15H30N2O2. The van der Waals surface area contributed by atoms with Crippen LogP contribution in [0.2, 0.25) is 0 Å². The SMILES string of the molecule is CCC1OCCC1CNC(=O)C(CN)CC(C)(C)C.